The molecule has 5 rings (SSSR count). The maximum absolute atomic E-state index is 13.7. The highest BCUT2D eigenvalue weighted by Crippen LogP contribution is 2.43. The number of thiazole rings is 1. The fourth-order valence-corrected chi connectivity index (χ4v) is 9.87. The summed E-state index contributed by atoms with van der Waals surface area (Å²) in [4.78, 5) is 18.2. The molecule has 39 heavy (non-hydrogen) atoms. The Morgan fingerprint density at radius 3 is 2.62 bits per heavy atom. The first-order chi connectivity index (χ1) is 18.6. The lowest BCUT2D eigenvalue weighted by Crippen LogP contribution is -2.38. The summed E-state index contributed by atoms with van der Waals surface area (Å²) in [5.41, 5.74) is 2.68. The third kappa shape index (κ3) is 6.77. The number of amides is 1. The minimum atomic E-state index is -2.95. The van der Waals surface area contributed by atoms with Gasteiger partial charge in [0.05, 0.1) is 37.0 Å². The van der Waals surface area contributed by atoms with Crippen molar-refractivity contribution in [1.29, 1.82) is 4.78 Å². The van der Waals surface area contributed by atoms with Gasteiger partial charge < -0.3 is 15.4 Å². The van der Waals surface area contributed by atoms with Crippen LogP contribution in [-0.4, -0.2) is 42.2 Å². The number of alkyl carbamates (subject to hydrolysis) is 1. The van der Waals surface area contributed by atoms with E-state index in [1.54, 1.807) is 11.3 Å². The molecule has 2 aliphatic rings. The molecule has 1 amide bonds. The van der Waals surface area contributed by atoms with E-state index >= 15 is 0 Å². The van der Waals surface area contributed by atoms with Crippen molar-refractivity contribution in [2.45, 2.75) is 87.5 Å². The number of hydrogen-bond donors (Lipinski definition) is 3. The number of ether oxygens (including phenoxy) is 1. The van der Waals surface area contributed by atoms with Crippen LogP contribution in [0.15, 0.2) is 35.4 Å². The molecule has 0 spiro atoms. The molecule has 0 radical (unpaired) electrons. The Morgan fingerprint density at radius 1 is 1.23 bits per heavy atom. The third-order valence-corrected chi connectivity index (χ3v) is 12.7. The van der Waals surface area contributed by atoms with Crippen molar-refractivity contribution < 1.29 is 13.7 Å². The number of anilines is 2. The van der Waals surface area contributed by atoms with Crippen LogP contribution in [0.1, 0.15) is 69.0 Å². The fourth-order valence-electron chi connectivity index (χ4n) is 4.90. The van der Waals surface area contributed by atoms with Gasteiger partial charge in [0.1, 0.15) is 0 Å². The fraction of sp³-hybridized carbons (Fsp3) is 0.500. The maximum Gasteiger partial charge on any atom is 0.407 e. The Bertz CT molecular complexity index is 1450. The van der Waals surface area contributed by atoms with E-state index in [0.29, 0.717) is 17.2 Å². The van der Waals surface area contributed by atoms with Crippen LogP contribution in [0.4, 0.5) is 16.3 Å². The molecule has 1 aromatic carbocycles. The molecule has 2 atom stereocenters. The van der Waals surface area contributed by atoms with Crippen molar-refractivity contribution in [3.8, 4) is 10.4 Å². The topological polar surface area (TPSA) is 122 Å². The van der Waals surface area contributed by atoms with Gasteiger partial charge in [-0.3, -0.25) is 0 Å². The van der Waals surface area contributed by atoms with Crippen LogP contribution >= 0.6 is 39.8 Å². The number of nitrogens with one attached hydrogen (secondary N) is 3. The van der Waals surface area contributed by atoms with Crippen LogP contribution in [0.25, 0.3) is 10.4 Å². The molecule has 2 saturated carbocycles. The maximum atomic E-state index is 13.7. The van der Waals surface area contributed by atoms with Gasteiger partial charge in [-0.1, -0.05) is 6.07 Å². The summed E-state index contributed by atoms with van der Waals surface area (Å²) < 4.78 is 29.7. The summed E-state index contributed by atoms with van der Waals surface area (Å²) in [7, 11) is -2.95. The van der Waals surface area contributed by atoms with Gasteiger partial charge in [0.15, 0.2) is 5.82 Å². The first-order valence-corrected chi connectivity index (χ1v) is 19.7. The Labute approximate surface area is 248 Å². The molecule has 2 heterocycles. The zero-order valence-corrected chi connectivity index (χ0v) is 27.0. The van der Waals surface area contributed by atoms with E-state index in [9.17, 15) is 9.00 Å². The zero-order valence-electron chi connectivity index (χ0n) is 22.2. The molecule has 0 aliphatic heterocycles. The molecule has 13 heteroatoms. The summed E-state index contributed by atoms with van der Waals surface area (Å²) in [5.74, 6) is 1.06. The Kier molecular flexibility index (Phi) is 8.85. The minimum Gasteiger partial charge on any atom is -0.447 e. The predicted octanol–water partition coefficient (Wildman–Crippen LogP) is 7.58. The van der Waals surface area contributed by atoms with Crippen molar-refractivity contribution in [3.63, 3.8) is 0 Å². The van der Waals surface area contributed by atoms with Crippen molar-refractivity contribution in [2.75, 3.05) is 5.32 Å². The molecule has 0 bridgehead atoms. The predicted molar refractivity (Wildman–Crippen MR) is 167 cm³/mol. The molecule has 3 aromatic rings. The molecule has 9 nitrogen and oxygen atoms in total. The van der Waals surface area contributed by atoms with Gasteiger partial charge in [0.2, 0.25) is 0 Å². The number of aromatic nitrogens is 3. The van der Waals surface area contributed by atoms with Gasteiger partial charge in [-0.2, -0.15) is 5.10 Å². The Balaban J connectivity index is 1.34. The molecule has 2 fully saturated rings. The number of carbonyl (C=O) groups excluding carboxylic acids is 1. The van der Waals surface area contributed by atoms with E-state index in [0.717, 1.165) is 71.2 Å². The van der Waals surface area contributed by atoms with Crippen LogP contribution in [0.3, 0.4) is 0 Å². The van der Waals surface area contributed by atoms with Gasteiger partial charge >= 0.3 is 6.09 Å². The lowest BCUT2D eigenvalue weighted by molar-refractivity contribution is 0.109. The molecule has 2 aliphatic carbocycles. The van der Waals surface area contributed by atoms with Crippen LogP contribution in [0, 0.1) is 11.7 Å². The summed E-state index contributed by atoms with van der Waals surface area (Å²) in [6.07, 6.45) is 7.20. The van der Waals surface area contributed by atoms with Crippen molar-refractivity contribution in [2.24, 2.45) is 0 Å². The first kappa shape index (κ1) is 28.8. The number of nitrogens with zero attached hydrogens (tertiary/aromatic N) is 3. The molecular weight excluding hydrogens is 666 g/mol. The van der Waals surface area contributed by atoms with Gasteiger partial charge in [-0.25, -0.2) is 23.2 Å². The Morgan fingerprint density at radius 2 is 1.97 bits per heavy atom. The third-order valence-electron chi connectivity index (χ3n) is 7.07. The monoisotopic (exact) mass is 700 g/mol. The number of rotatable bonds is 9. The van der Waals surface area contributed by atoms with Crippen LogP contribution in [0.5, 0.6) is 0 Å². The van der Waals surface area contributed by atoms with Crippen LogP contribution < -0.4 is 10.6 Å². The van der Waals surface area contributed by atoms with E-state index in [4.69, 9.17) is 14.5 Å². The number of aryl methyl sites for hydroxylation is 1. The highest BCUT2D eigenvalue weighted by atomic mass is 127. The van der Waals surface area contributed by atoms with Crippen molar-refractivity contribution in [3.05, 3.63) is 41.2 Å². The zero-order chi connectivity index (χ0) is 27.7. The van der Waals surface area contributed by atoms with E-state index in [2.05, 4.69) is 37.8 Å². The van der Waals surface area contributed by atoms with Gasteiger partial charge in [0.25, 0.3) is 0 Å². The van der Waals surface area contributed by atoms with Gasteiger partial charge in [-0.15, -0.1) is 11.3 Å². The number of carbonyl (C=O) groups is 1. The summed E-state index contributed by atoms with van der Waals surface area (Å²) >= 11 is 3.93. The lowest BCUT2D eigenvalue weighted by atomic mass is 9.86. The first-order valence-electron chi connectivity index (χ1n) is 13.2. The van der Waals surface area contributed by atoms with Crippen LogP contribution in [0.2, 0.25) is 0 Å². The molecule has 2 aromatic heterocycles. The van der Waals surface area contributed by atoms with E-state index in [1.165, 1.54) is 0 Å². The normalized spacial score (nSPS) is 21.3. The molecular formula is C26H34IN6O3PS2. The standard InChI is InChI=1S/C26H34IN6O3PS2/c1-15(2)36-26(34)31-18-6-4-17(5-7-18)25-29-14-22(38-25)21-11-8-19(13-23(21)39(28,35)20-9-10-20)30-24-12-16(3)33(32-24)37-27/h8,11-15,17-18,20,28,37H,4-7,9-10H2,1-3H3,(H,30,32)(H,31,34). The van der Waals surface area contributed by atoms with Crippen molar-refractivity contribution >= 4 is 67.1 Å². The highest BCUT2D eigenvalue weighted by Gasteiger charge is 2.36. The lowest BCUT2D eigenvalue weighted by Gasteiger charge is -2.28. The smallest absolute Gasteiger partial charge is 0.407 e. The highest BCUT2D eigenvalue weighted by molar-refractivity contribution is 14.2. The number of hydrogen-bond acceptors (Lipinski definition) is 8. The van der Waals surface area contributed by atoms with E-state index < -0.39 is 9.73 Å². The molecule has 3 N–H and O–H groups in total. The largest absolute Gasteiger partial charge is 0.447 e. The summed E-state index contributed by atoms with van der Waals surface area (Å²) in [5, 5.41) is 11.9. The molecule has 0 saturated heterocycles. The van der Waals surface area contributed by atoms with Gasteiger partial charge in [0, 0.05) is 46.4 Å². The SMILES string of the molecule is Cc1cc(Nc2ccc(-c3cnc(C4CCC(NC(=O)OC(C)C)CC4)s3)c(S(=N)(=O)C3CC3)c2)nn1PI. The molecule has 210 valence electrons. The quantitative estimate of drug-likeness (QED) is 0.156. The second-order valence-electron chi connectivity index (χ2n) is 10.5. The van der Waals surface area contributed by atoms with Crippen molar-refractivity contribution in [1.82, 2.24) is 19.9 Å². The number of halogens is 1. The average Bonchev–Trinajstić information content (AvgIpc) is 3.55. The minimum absolute atomic E-state index is 0.0919. The Hall–Kier alpha value is -1.76. The van der Waals surface area contributed by atoms with Gasteiger partial charge in [-0.05, 0) is 93.5 Å². The second-order valence-corrected chi connectivity index (χ2v) is 15.9. The van der Waals surface area contributed by atoms with Crippen LogP contribution in [-0.2, 0) is 14.5 Å². The van der Waals surface area contributed by atoms with E-state index in [-0.39, 0.29) is 23.5 Å². The number of benzene rings is 1. The van der Waals surface area contributed by atoms with E-state index in [1.807, 2.05) is 55.7 Å². The summed E-state index contributed by atoms with van der Waals surface area (Å²) in [6, 6.07) is 7.92. The second kappa shape index (κ2) is 12.0. The molecule has 2 unspecified atom stereocenters. The average molecular weight is 701 g/mol. The summed E-state index contributed by atoms with van der Waals surface area (Å²) in [6.45, 7) is 5.71.